The zero-order chi connectivity index (χ0) is 13.0. The molecule has 0 spiro atoms. The maximum absolute atomic E-state index is 12.3. The molecule has 1 amide bonds. The van der Waals surface area contributed by atoms with Crippen molar-refractivity contribution in [2.75, 3.05) is 26.7 Å². The second-order valence-electron chi connectivity index (χ2n) is 5.42. The second kappa shape index (κ2) is 7.43. The molecule has 2 atom stereocenters. The SMILES string of the molecule is COC1(C(=O)NCC2CCCC2O)CCNCC1.Cl. The van der Waals surface area contributed by atoms with Crippen molar-refractivity contribution < 1.29 is 14.6 Å². The highest BCUT2D eigenvalue weighted by Gasteiger charge is 2.40. The van der Waals surface area contributed by atoms with Crippen molar-refractivity contribution in [1.82, 2.24) is 10.6 Å². The van der Waals surface area contributed by atoms with Crippen LogP contribution in [0.3, 0.4) is 0 Å². The first-order valence-corrected chi connectivity index (χ1v) is 6.90. The Balaban J connectivity index is 0.00000180. The number of amides is 1. The number of aliphatic hydroxyl groups excluding tert-OH is 1. The van der Waals surface area contributed by atoms with E-state index in [1.165, 1.54) is 0 Å². The van der Waals surface area contributed by atoms with Crippen molar-refractivity contribution in [3.05, 3.63) is 0 Å². The fourth-order valence-corrected chi connectivity index (χ4v) is 2.99. The van der Waals surface area contributed by atoms with Crippen LogP contribution in [0, 0.1) is 5.92 Å². The number of ether oxygens (including phenoxy) is 1. The van der Waals surface area contributed by atoms with Crippen LogP contribution in [-0.2, 0) is 9.53 Å². The minimum atomic E-state index is -0.672. The molecule has 6 heteroatoms. The number of hydrogen-bond acceptors (Lipinski definition) is 4. The quantitative estimate of drug-likeness (QED) is 0.704. The summed E-state index contributed by atoms with van der Waals surface area (Å²) in [5.74, 6) is 0.190. The van der Waals surface area contributed by atoms with Gasteiger partial charge in [0.15, 0.2) is 0 Å². The van der Waals surface area contributed by atoms with Gasteiger partial charge in [0, 0.05) is 19.6 Å². The number of piperidine rings is 1. The van der Waals surface area contributed by atoms with Crippen LogP contribution in [-0.4, -0.2) is 49.5 Å². The van der Waals surface area contributed by atoms with Gasteiger partial charge in [0.25, 0.3) is 5.91 Å². The van der Waals surface area contributed by atoms with Gasteiger partial charge in [0.1, 0.15) is 5.60 Å². The Morgan fingerprint density at radius 3 is 2.63 bits per heavy atom. The number of rotatable bonds is 4. The van der Waals surface area contributed by atoms with Gasteiger partial charge < -0.3 is 20.5 Å². The predicted molar refractivity (Wildman–Crippen MR) is 75.4 cm³/mol. The summed E-state index contributed by atoms with van der Waals surface area (Å²) in [6.45, 7) is 2.19. The van der Waals surface area contributed by atoms with E-state index in [1.54, 1.807) is 7.11 Å². The maximum atomic E-state index is 12.3. The van der Waals surface area contributed by atoms with Crippen LogP contribution >= 0.6 is 12.4 Å². The fourth-order valence-electron chi connectivity index (χ4n) is 2.99. The van der Waals surface area contributed by atoms with Crippen LogP contribution in [0.4, 0.5) is 0 Å². The normalized spacial score (nSPS) is 29.6. The number of halogens is 1. The fraction of sp³-hybridized carbons (Fsp3) is 0.923. The summed E-state index contributed by atoms with van der Waals surface area (Å²) in [7, 11) is 1.61. The average molecular weight is 293 g/mol. The molecule has 2 aliphatic rings. The van der Waals surface area contributed by atoms with Gasteiger partial charge >= 0.3 is 0 Å². The van der Waals surface area contributed by atoms with E-state index >= 15 is 0 Å². The molecule has 3 N–H and O–H groups in total. The standard InChI is InChI=1S/C13H24N2O3.ClH/c1-18-13(5-7-14-8-6-13)12(17)15-9-10-3-2-4-11(10)16;/h10-11,14,16H,2-9H2,1H3,(H,15,17);1H. The Morgan fingerprint density at radius 2 is 2.11 bits per heavy atom. The summed E-state index contributed by atoms with van der Waals surface area (Å²) in [5.41, 5.74) is -0.672. The van der Waals surface area contributed by atoms with Crippen molar-refractivity contribution in [2.45, 2.75) is 43.8 Å². The smallest absolute Gasteiger partial charge is 0.252 e. The van der Waals surface area contributed by atoms with Crippen molar-refractivity contribution in [3.63, 3.8) is 0 Å². The molecule has 19 heavy (non-hydrogen) atoms. The van der Waals surface area contributed by atoms with Gasteiger partial charge in [0.05, 0.1) is 6.10 Å². The number of nitrogens with one attached hydrogen (secondary N) is 2. The minimum Gasteiger partial charge on any atom is -0.393 e. The zero-order valence-corrected chi connectivity index (χ0v) is 12.3. The molecule has 0 bridgehead atoms. The maximum Gasteiger partial charge on any atom is 0.252 e. The Morgan fingerprint density at radius 1 is 1.42 bits per heavy atom. The lowest BCUT2D eigenvalue weighted by atomic mass is 9.91. The van der Waals surface area contributed by atoms with Gasteiger partial charge in [-0.3, -0.25) is 4.79 Å². The first-order chi connectivity index (χ1) is 8.68. The third-order valence-electron chi connectivity index (χ3n) is 4.36. The number of carbonyl (C=O) groups excluding carboxylic acids is 1. The Bertz CT molecular complexity index is 296. The van der Waals surface area contributed by atoms with Gasteiger partial charge in [-0.25, -0.2) is 0 Å². The molecule has 0 aromatic heterocycles. The Kier molecular flexibility index (Phi) is 6.53. The summed E-state index contributed by atoms with van der Waals surface area (Å²) in [6, 6.07) is 0. The lowest BCUT2D eigenvalue weighted by molar-refractivity contribution is -0.147. The number of methoxy groups -OCH3 is 1. The van der Waals surface area contributed by atoms with Crippen LogP contribution in [0.15, 0.2) is 0 Å². The van der Waals surface area contributed by atoms with E-state index in [4.69, 9.17) is 4.74 Å². The highest BCUT2D eigenvalue weighted by molar-refractivity contribution is 5.85. The zero-order valence-electron chi connectivity index (χ0n) is 11.5. The van der Waals surface area contributed by atoms with Crippen LogP contribution < -0.4 is 10.6 Å². The van der Waals surface area contributed by atoms with E-state index in [0.717, 1.165) is 32.4 Å². The van der Waals surface area contributed by atoms with Crippen LogP contribution in [0.5, 0.6) is 0 Å². The highest BCUT2D eigenvalue weighted by Crippen LogP contribution is 2.26. The van der Waals surface area contributed by atoms with Gasteiger partial charge in [-0.1, -0.05) is 6.42 Å². The first kappa shape index (κ1) is 16.7. The molecule has 0 aromatic rings. The predicted octanol–water partition coefficient (Wildman–Crippen LogP) is 0.454. The Hall–Kier alpha value is -0.360. The summed E-state index contributed by atoms with van der Waals surface area (Å²) >= 11 is 0. The van der Waals surface area contributed by atoms with Crippen molar-refractivity contribution in [2.24, 2.45) is 5.92 Å². The van der Waals surface area contributed by atoms with E-state index in [9.17, 15) is 9.90 Å². The molecule has 1 saturated heterocycles. The highest BCUT2D eigenvalue weighted by atomic mass is 35.5. The molecule has 112 valence electrons. The summed E-state index contributed by atoms with van der Waals surface area (Å²) in [5, 5.41) is 15.9. The van der Waals surface area contributed by atoms with Gasteiger partial charge in [-0.05, 0) is 38.8 Å². The molecule has 1 saturated carbocycles. The van der Waals surface area contributed by atoms with Crippen LogP contribution in [0.25, 0.3) is 0 Å². The van der Waals surface area contributed by atoms with Crippen LogP contribution in [0.1, 0.15) is 32.1 Å². The molecular formula is C13H25ClN2O3. The molecule has 0 aromatic carbocycles. The largest absolute Gasteiger partial charge is 0.393 e. The molecule has 2 unspecified atom stereocenters. The lowest BCUT2D eigenvalue weighted by Gasteiger charge is -2.35. The average Bonchev–Trinajstić information content (AvgIpc) is 2.82. The van der Waals surface area contributed by atoms with Crippen LogP contribution in [0.2, 0.25) is 0 Å². The van der Waals surface area contributed by atoms with E-state index in [1.807, 2.05) is 0 Å². The summed E-state index contributed by atoms with van der Waals surface area (Å²) in [6.07, 6.45) is 4.09. The third kappa shape index (κ3) is 3.81. The molecule has 2 fully saturated rings. The number of hydrogen-bond donors (Lipinski definition) is 3. The molecule has 1 aliphatic carbocycles. The minimum absolute atomic E-state index is 0. The molecule has 1 heterocycles. The lowest BCUT2D eigenvalue weighted by Crippen LogP contribution is -2.55. The monoisotopic (exact) mass is 292 g/mol. The van der Waals surface area contributed by atoms with Crippen molar-refractivity contribution in [3.8, 4) is 0 Å². The molecule has 0 radical (unpaired) electrons. The number of aliphatic hydroxyl groups is 1. The van der Waals surface area contributed by atoms with E-state index in [-0.39, 0.29) is 30.3 Å². The second-order valence-corrected chi connectivity index (χ2v) is 5.42. The molecule has 1 aliphatic heterocycles. The van der Waals surface area contributed by atoms with Gasteiger partial charge in [0.2, 0.25) is 0 Å². The summed E-state index contributed by atoms with van der Waals surface area (Å²) in [4.78, 5) is 12.3. The van der Waals surface area contributed by atoms with Gasteiger partial charge in [-0.2, -0.15) is 0 Å². The number of carbonyl (C=O) groups is 1. The topological polar surface area (TPSA) is 70.6 Å². The first-order valence-electron chi connectivity index (χ1n) is 6.90. The molecule has 2 rings (SSSR count). The van der Waals surface area contributed by atoms with Gasteiger partial charge in [-0.15, -0.1) is 12.4 Å². The van der Waals surface area contributed by atoms with E-state index in [0.29, 0.717) is 19.4 Å². The molecule has 5 nitrogen and oxygen atoms in total. The van der Waals surface area contributed by atoms with Crippen molar-refractivity contribution >= 4 is 18.3 Å². The Labute approximate surface area is 120 Å². The summed E-state index contributed by atoms with van der Waals surface area (Å²) < 4.78 is 5.47. The molecular weight excluding hydrogens is 268 g/mol. The van der Waals surface area contributed by atoms with E-state index < -0.39 is 5.60 Å². The van der Waals surface area contributed by atoms with E-state index in [2.05, 4.69) is 10.6 Å². The van der Waals surface area contributed by atoms with Crippen molar-refractivity contribution in [1.29, 1.82) is 0 Å². The third-order valence-corrected chi connectivity index (χ3v) is 4.36.